The molecule has 0 atom stereocenters. The average Bonchev–Trinajstić information content (AvgIpc) is 3.08. The maximum atomic E-state index is 12.5. The number of likely N-dealkylation sites (tertiary alicyclic amines) is 1. The Labute approximate surface area is 140 Å². The van der Waals surface area contributed by atoms with Crippen molar-refractivity contribution in [1.29, 1.82) is 0 Å². The number of carbonyl (C=O) groups is 1. The van der Waals surface area contributed by atoms with Gasteiger partial charge in [0.2, 0.25) is 0 Å². The zero-order valence-corrected chi connectivity index (χ0v) is 14.1. The molecule has 3 rings (SSSR count). The summed E-state index contributed by atoms with van der Waals surface area (Å²) in [6.45, 7) is 4.11. The number of aryl methyl sites for hydroxylation is 2. The van der Waals surface area contributed by atoms with Gasteiger partial charge < -0.3 is 14.8 Å². The number of piperidine rings is 1. The molecule has 2 amide bonds. The Morgan fingerprint density at radius 2 is 2.08 bits per heavy atom. The number of aromatic nitrogens is 3. The Balaban J connectivity index is 1.58. The van der Waals surface area contributed by atoms with Crippen LogP contribution in [0.15, 0.2) is 35.5 Å². The molecule has 0 spiro atoms. The molecule has 0 saturated carbocycles. The molecule has 1 aliphatic heterocycles. The second kappa shape index (κ2) is 6.90. The third kappa shape index (κ3) is 3.50. The van der Waals surface area contributed by atoms with Crippen LogP contribution in [-0.4, -0.2) is 38.4 Å². The minimum absolute atomic E-state index is 0.183. The normalized spacial score (nSPS) is 15.5. The summed E-state index contributed by atoms with van der Waals surface area (Å²) in [5, 5.41) is 7.02. The average molecular weight is 329 g/mol. The van der Waals surface area contributed by atoms with Gasteiger partial charge in [-0.1, -0.05) is 0 Å². The molecule has 3 heterocycles. The number of urea groups is 1. The second-order valence-electron chi connectivity index (χ2n) is 6.38. The number of anilines is 1. The molecule has 7 heteroatoms. The molecule has 0 bridgehead atoms. The molecule has 1 aliphatic rings. The lowest BCUT2D eigenvalue weighted by molar-refractivity contribution is 0.175. The number of pyridine rings is 1. The lowest BCUT2D eigenvalue weighted by Crippen LogP contribution is -2.42. The molecule has 0 aliphatic carbocycles. The molecule has 24 heavy (non-hydrogen) atoms. The van der Waals surface area contributed by atoms with Crippen molar-refractivity contribution in [2.24, 2.45) is 13.0 Å². The molecule has 0 aromatic carbocycles. The lowest BCUT2D eigenvalue weighted by atomic mass is 9.97. The Morgan fingerprint density at radius 1 is 1.33 bits per heavy atom. The van der Waals surface area contributed by atoms with Crippen LogP contribution in [0, 0.1) is 12.8 Å². The second-order valence-corrected chi connectivity index (χ2v) is 6.38. The summed E-state index contributed by atoms with van der Waals surface area (Å²) in [4.78, 5) is 26.4. The molecule has 0 radical (unpaired) electrons. The summed E-state index contributed by atoms with van der Waals surface area (Å²) < 4.78 is 3.41. The Morgan fingerprint density at radius 3 is 2.75 bits per heavy atom. The van der Waals surface area contributed by atoms with Crippen molar-refractivity contribution in [3.05, 3.63) is 46.6 Å². The topological polar surface area (TPSA) is 72.2 Å². The molecule has 0 unspecified atom stereocenters. The van der Waals surface area contributed by atoms with E-state index in [9.17, 15) is 9.59 Å². The molecule has 1 saturated heterocycles. The Kier molecular flexibility index (Phi) is 4.69. The first kappa shape index (κ1) is 16.3. The van der Waals surface area contributed by atoms with Crippen LogP contribution in [0.2, 0.25) is 0 Å². The summed E-state index contributed by atoms with van der Waals surface area (Å²) in [7, 11) is 1.68. The van der Waals surface area contributed by atoms with E-state index in [4.69, 9.17) is 0 Å². The molecule has 128 valence electrons. The third-order valence-electron chi connectivity index (χ3n) is 4.61. The molecule has 2 aromatic rings. The number of hydrogen-bond acceptors (Lipinski definition) is 3. The SMILES string of the molecule is Cc1ccn(C)c(=O)c1NC(=O)N1CCC(Cn2cccn2)CC1. The number of amides is 2. The van der Waals surface area contributed by atoms with Crippen molar-refractivity contribution in [2.45, 2.75) is 26.3 Å². The summed E-state index contributed by atoms with van der Waals surface area (Å²) in [6, 6.07) is 3.55. The van der Waals surface area contributed by atoms with Crippen molar-refractivity contribution in [3.8, 4) is 0 Å². The van der Waals surface area contributed by atoms with Gasteiger partial charge in [-0.2, -0.15) is 5.10 Å². The van der Waals surface area contributed by atoms with E-state index >= 15 is 0 Å². The predicted molar refractivity (Wildman–Crippen MR) is 92.0 cm³/mol. The highest BCUT2D eigenvalue weighted by Crippen LogP contribution is 2.20. The van der Waals surface area contributed by atoms with Crippen molar-refractivity contribution in [1.82, 2.24) is 19.2 Å². The van der Waals surface area contributed by atoms with Crippen LogP contribution in [0.1, 0.15) is 18.4 Å². The maximum absolute atomic E-state index is 12.5. The van der Waals surface area contributed by atoms with E-state index in [1.54, 1.807) is 24.3 Å². The van der Waals surface area contributed by atoms with Gasteiger partial charge in [0.15, 0.2) is 0 Å². The summed E-state index contributed by atoms with van der Waals surface area (Å²) in [5.41, 5.74) is 0.959. The minimum Gasteiger partial charge on any atom is -0.325 e. The smallest absolute Gasteiger partial charge is 0.322 e. The van der Waals surface area contributed by atoms with Crippen LogP contribution in [0.4, 0.5) is 10.5 Å². The van der Waals surface area contributed by atoms with Gasteiger partial charge in [-0.3, -0.25) is 9.48 Å². The van der Waals surface area contributed by atoms with E-state index in [2.05, 4.69) is 10.4 Å². The molecule has 7 nitrogen and oxygen atoms in total. The van der Waals surface area contributed by atoms with E-state index in [1.807, 2.05) is 29.9 Å². The first-order chi connectivity index (χ1) is 11.5. The minimum atomic E-state index is -0.195. The highest BCUT2D eigenvalue weighted by atomic mass is 16.2. The summed E-state index contributed by atoms with van der Waals surface area (Å²) >= 11 is 0. The van der Waals surface area contributed by atoms with Crippen LogP contribution >= 0.6 is 0 Å². The van der Waals surface area contributed by atoms with Gasteiger partial charge in [0, 0.05) is 45.3 Å². The molecular weight excluding hydrogens is 306 g/mol. The highest BCUT2D eigenvalue weighted by molar-refractivity contribution is 5.89. The van der Waals surface area contributed by atoms with E-state index in [1.165, 1.54) is 4.57 Å². The fraction of sp³-hybridized carbons (Fsp3) is 0.471. The highest BCUT2D eigenvalue weighted by Gasteiger charge is 2.24. The van der Waals surface area contributed by atoms with Crippen molar-refractivity contribution in [3.63, 3.8) is 0 Å². The Bertz CT molecular complexity index is 758. The van der Waals surface area contributed by atoms with Gasteiger partial charge in [-0.25, -0.2) is 4.79 Å². The van der Waals surface area contributed by atoms with Crippen LogP contribution in [0.3, 0.4) is 0 Å². The quantitative estimate of drug-likeness (QED) is 0.934. The van der Waals surface area contributed by atoms with Crippen LogP contribution in [-0.2, 0) is 13.6 Å². The molecular formula is C17H23N5O2. The number of hydrogen-bond donors (Lipinski definition) is 1. The van der Waals surface area contributed by atoms with Crippen molar-refractivity contribution in [2.75, 3.05) is 18.4 Å². The van der Waals surface area contributed by atoms with Crippen LogP contribution in [0.5, 0.6) is 0 Å². The van der Waals surface area contributed by atoms with Crippen molar-refractivity contribution >= 4 is 11.7 Å². The van der Waals surface area contributed by atoms with E-state index in [0.29, 0.717) is 24.7 Å². The fourth-order valence-electron chi connectivity index (χ4n) is 3.05. The van der Waals surface area contributed by atoms with Gasteiger partial charge in [0.05, 0.1) is 0 Å². The summed E-state index contributed by atoms with van der Waals surface area (Å²) in [6.07, 6.45) is 7.34. The van der Waals surface area contributed by atoms with Gasteiger partial charge in [-0.15, -0.1) is 0 Å². The first-order valence-electron chi connectivity index (χ1n) is 8.24. The molecule has 1 fully saturated rings. The molecule has 1 N–H and O–H groups in total. The van der Waals surface area contributed by atoms with Gasteiger partial charge in [0.1, 0.15) is 5.69 Å². The Hall–Kier alpha value is -2.57. The monoisotopic (exact) mass is 329 g/mol. The number of rotatable bonds is 3. The number of carbonyl (C=O) groups excluding carboxylic acids is 1. The number of nitrogens with one attached hydrogen (secondary N) is 1. The third-order valence-corrected chi connectivity index (χ3v) is 4.61. The van der Waals surface area contributed by atoms with Gasteiger partial charge in [0.25, 0.3) is 5.56 Å². The predicted octanol–water partition coefficient (Wildman–Crippen LogP) is 1.83. The zero-order chi connectivity index (χ0) is 17.1. The number of nitrogens with zero attached hydrogens (tertiary/aromatic N) is 4. The van der Waals surface area contributed by atoms with Crippen LogP contribution in [0.25, 0.3) is 0 Å². The lowest BCUT2D eigenvalue weighted by Gasteiger charge is -2.32. The fourth-order valence-corrected chi connectivity index (χ4v) is 3.05. The zero-order valence-electron chi connectivity index (χ0n) is 14.1. The van der Waals surface area contributed by atoms with Gasteiger partial charge >= 0.3 is 6.03 Å². The van der Waals surface area contributed by atoms with Crippen molar-refractivity contribution < 1.29 is 4.79 Å². The first-order valence-corrected chi connectivity index (χ1v) is 8.24. The molecule has 2 aromatic heterocycles. The van der Waals surface area contributed by atoms with E-state index in [0.717, 1.165) is 24.9 Å². The van der Waals surface area contributed by atoms with Gasteiger partial charge in [-0.05, 0) is 43.4 Å². The maximum Gasteiger partial charge on any atom is 0.322 e. The standard InChI is InChI=1S/C17H23N5O2/c1-13-4-9-20(2)16(23)15(13)19-17(24)21-10-5-14(6-11-21)12-22-8-3-7-18-22/h3-4,7-9,14H,5-6,10-12H2,1-2H3,(H,19,24). The summed E-state index contributed by atoms with van der Waals surface area (Å²) in [5.74, 6) is 0.528. The van der Waals surface area contributed by atoms with Crippen LogP contribution < -0.4 is 10.9 Å². The largest absolute Gasteiger partial charge is 0.325 e. The van der Waals surface area contributed by atoms with E-state index in [-0.39, 0.29) is 11.6 Å². The van der Waals surface area contributed by atoms with E-state index < -0.39 is 0 Å².